The van der Waals surface area contributed by atoms with Crippen LogP contribution in [0.2, 0.25) is 5.02 Å². The van der Waals surface area contributed by atoms with E-state index in [2.05, 4.69) is 0 Å². The largest absolute Gasteiger partial charge is 0.444 e. The van der Waals surface area contributed by atoms with Gasteiger partial charge in [0.1, 0.15) is 5.60 Å². The first kappa shape index (κ1) is 23.3. The number of hydrogen-bond acceptors (Lipinski definition) is 5. The van der Waals surface area contributed by atoms with Gasteiger partial charge in [-0.2, -0.15) is 0 Å². The first-order chi connectivity index (χ1) is 13.9. The van der Waals surface area contributed by atoms with E-state index in [1.165, 1.54) is 23.1 Å². The molecule has 0 bridgehead atoms. The number of halogens is 1. The lowest BCUT2D eigenvalue weighted by molar-refractivity contribution is -0.140. The highest BCUT2D eigenvalue weighted by atomic mass is 35.5. The van der Waals surface area contributed by atoms with Crippen LogP contribution >= 0.6 is 11.6 Å². The van der Waals surface area contributed by atoms with E-state index in [4.69, 9.17) is 16.3 Å². The summed E-state index contributed by atoms with van der Waals surface area (Å²) in [6.45, 7) is 6.32. The van der Waals surface area contributed by atoms with Gasteiger partial charge in [-0.25, -0.2) is 4.79 Å². The van der Waals surface area contributed by atoms with Gasteiger partial charge >= 0.3 is 6.09 Å². The van der Waals surface area contributed by atoms with Crippen LogP contribution in [0.3, 0.4) is 0 Å². The van der Waals surface area contributed by atoms with Gasteiger partial charge in [-0.05, 0) is 40.0 Å². The number of hydrogen-bond donors (Lipinski definition) is 1. The molecule has 1 aromatic heterocycles. The van der Waals surface area contributed by atoms with Gasteiger partial charge in [-0.15, -0.1) is 0 Å². The number of piperidine rings is 1. The Morgan fingerprint density at radius 2 is 1.93 bits per heavy atom. The topological polar surface area (TPSA) is 88.8 Å². The van der Waals surface area contributed by atoms with Crippen molar-refractivity contribution in [2.75, 3.05) is 19.3 Å². The van der Waals surface area contributed by atoms with Crippen molar-refractivity contribution in [2.24, 2.45) is 5.41 Å². The molecule has 1 spiro atoms. The summed E-state index contributed by atoms with van der Waals surface area (Å²) in [5.74, 6) is 0. The van der Waals surface area contributed by atoms with Crippen LogP contribution in [-0.2, 0) is 22.1 Å². The normalized spacial score (nSPS) is 24.8. The minimum absolute atomic E-state index is 0.0787. The van der Waals surface area contributed by atoms with E-state index in [1.807, 2.05) is 20.8 Å². The summed E-state index contributed by atoms with van der Waals surface area (Å²) in [5.41, 5.74) is -2.60. The van der Waals surface area contributed by atoms with Gasteiger partial charge in [0, 0.05) is 37.0 Å². The van der Waals surface area contributed by atoms with Crippen molar-refractivity contribution in [1.29, 1.82) is 0 Å². The first-order valence-corrected chi connectivity index (χ1v) is 12.2. The monoisotopic (exact) mass is 458 g/mol. The van der Waals surface area contributed by atoms with E-state index in [0.29, 0.717) is 24.4 Å². The van der Waals surface area contributed by atoms with Crippen molar-refractivity contribution in [3.05, 3.63) is 27.6 Å². The fraction of sp³-hybridized carbons (Fsp3) is 0.714. The highest BCUT2D eigenvalue weighted by Crippen LogP contribution is 2.51. The molecular weight excluding hydrogens is 428 g/mol. The second-order valence-corrected chi connectivity index (χ2v) is 11.3. The Labute approximate surface area is 184 Å². The maximum Gasteiger partial charge on any atom is 0.410 e. The number of carbonyl (C=O) groups is 1. The minimum Gasteiger partial charge on any atom is -0.444 e. The zero-order valence-corrected chi connectivity index (χ0v) is 19.6. The molecule has 1 saturated heterocycles. The van der Waals surface area contributed by atoms with Crippen LogP contribution < -0.4 is 5.56 Å². The van der Waals surface area contributed by atoms with Crippen LogP contribution in [0.5, 0.6) is 0 Å². The quantitative estimate of drug-likeness (QED) is 0.751. The molecule has 1 aromatic rings. The molecule has 3 rings (SSSR count). The number of likely N-dealkylation sites (tertiary alicyclic amines) is 1. The number of rotatable bonds is 3. The fourth-order valence-electron chi connectivity index (χ4n) is 4.73. The predicted molar refractivity (Wildman–Crippen MR) is 116 cm³/mol. The number of pyridine rings is 1. The Hall–Kier alpha value is -1.38. The number of ether oxygens (including phenoxy) is 1. The summed E-state index contributed by atoms with van der Waals surface area (Å²) in [5, 5.41) is 11.9. The molecule has 2 heterocycles. The molecule has 30 heavy (non-hydrogen) atoms. The maximum atomic E-state index is 12.7. The van der Waals surface area contributed by atoms with E-state index in [1.54, 1.807) is 4.90 Å². The van der Waals surface area contributed by atoms with Crippen LogP contribution in [0.25, 0.3) is 0 Å². The highest BCUT2D eigenvalue weighted by molar-refractivity contribution is 7.84. The van der Waals surface area contributed by atoms with Gasteiger partial charge in [-0.3, -0.25) is 9.00 Å². The molecule has 1 N–H and O–H groups in total. The van der Waals surface area contributed by atoms with Crippen LogP contribution in [-0.4, -0.2) is 55.4 Å². The smallest absolute Gasteiger partial charge is 0.410 e. The molecule has 0 aromatic carbocycles. The number of nitrogens with zero attached hydrogens (tertiary/aromatic N) is 2. The molecule has 9 heteroatoms. The Bertz CT molecular complexity index is 904. The number of amides is 1. The number of carbonyl (C=O) groups excluding carboxylic acids is 1. The molecule has 1 amide bonds. The van der Waals surface area contributed by atoms with Crippen molar-refractivity contribution in [3.8, 4) is 0 Å². The van der Waals surface area contributed by atoms with Gasteiger partial charge in [0.25, 0.3) is 5.56 Å². The van der Waals surface area contributed by atoms with Crippen LogP contribution in [0.1, 0.15) is 52.9 Å². The second-order valence-electron chi connectivity index (χ2n) is 9.58. The summed E-state index contributed by atoms with van der Waals surface area (Å²) >= 11 is 6.07. The lowest BCUT2D eigenvalue weighted by Crippen LogP contribution is -2.62. The van der Waals surface area contributed by atoms with Gasteiger partial charge < -0.3 is 19.3 Å². The van der Waals surface area contributed by atoms with E-state index in [0.717, 1.165) is 25.7 Å². The Balaban J connectivity index is 1.90. The molecule has 2 aliphatic rings. The van der Waals surface area contributed by atoms with Gasteiger partial charge in [0.15, 0.2) is 0 Å². The minimum atomic E-state index is -1.35. The third-order valence-electron chi connectivity index (χ3n) is 6.27. The predicted octanol–water partition coefficient (Wildman–Crippen LogP) is 3.17. The third-order valence-corrected chi connectivity index (χ3v) is 7.64. The van der Waals surface area contributed by atoms with Crippen molar-refractivity contribution < 1.29 is 18.8 Å². The average molecular weight is 459 g/mol. The maximum absolute atomic E-state index is 12.7. The molecule has 7 nitrogen and oxygen atoms in total. The van der Waals surface area contributed by atoms with E-state index in [9.17, 15) is 18.9 Å². The molecule has 2 unspecified atom stereocenters. The summed E-state index contributed by atoms with van der Waals surface area (Å²) < 4.78 is 18.9. The van der Waals surface area contributed by atoms with Gasteiger partial charge in [-0.1, -0.05) is 24.4 Å². The molecule has 1 saturated carbocycles. The third kappa shape index (κ3) is 4.60. The number of aromatic nitrogens is 1. The first-order valence-electron chi connectivity index (χ1n) is 10.3. The van der Waals surface area contributed by atoms with Crippen LogP contribution in [0, 0.1) is 5.41 Å². The fourth-order valence-corrected chi connectivity index (χ4v) is 5.80. The van der Waals surface area contributed by atoms with E-state index >= 15 is 0 Å². The summed E-state index contributed by atoms with van der Waals surface area (Å²) in [6, 6.07) is 1.25. The highest BCUT2D eigenvalue weighted by Gasteiger charge is 2.56. The van der Waals surface area contributed by atoms with E-state index < -0.39 is 27.4 Å². The van der Waals surface area contributed by atoms with E-state index in [-0.39, 0.29) is 23.2 Å². The zero-order chi connectivity index (χ0) is 22.3. The standard InChI is InChI=1S/C21H31ClN2O5S/c1-19(2,3)29-18(26)23-10-9-21(27,20(13-23)7-5-6-8-20)14-24-12-16(30(4)28)15(22)11-17(24)25/h11-12,27H,5-10,13-14H2,1-4H3. The average Bonchev–Trinajstić information content (AvgIpc) is 3.08. The lowest BCUT2D eigenvalue weighted by atomic mass is 9.66. The van der Waals surface area contributed by atoms with Crippen molar-refractivity contribution in [1.82, 2.24) is 9.47 Å². The Morgan fingerprint density at radius 3 is 2.50 bits per heavy atom. The molecule has 168 valence electrons. The number of aliphatic hydroxyl groups is 1. The molecular formula is C21H31ClN2O5S. The second kappa shape index (κ2) is 8.28. The summed E-state index contributed by atoms with van der Waals surface area (Å²) in [7, 11) is -1.35. The van der Waals surface area contributed by atoms with Gasteiger partial charge in [0.05, 0.1) is 32.9 Å². The molecule has 2 fully saturated rings. The van der Waals surface area contributed by atoms with Crippen LogP contribution in [0.4, 0.5) is 4.79 Å². The Kier molecular flexibility index (Phi) is 6.43. The summed E-state index contributed by atoms with van der Waals surface area (Å²) in [6.07, 6.45) is 6.43. The van der Waals surface area contributed by atoms with Crippen molar-refractivity contribution >= 4 is 28.5 Å². The zero-order valence-electron chi connectivity index (χ0n) is 18.1. The lowest BCUT2D eigenvalue weighted by Gasteiger charge is -2.52. The van der Waals surface area contributed by atoms with Crippen molar-refractivity contribution in [2.45, 2.75) is 75.5 Å². The Morgan fingerprint density at radius 1 is 1.30 bits per heavy atom. The molecule has 2 atom stereocenters. The SMILES string of the molecule is CS(=O)c1cn(CC2(O)CCN(C(=O)OC(C)(C)C)CC23CCCC3)c(=O)cc1Cl. The van der Waals surface area contributed by atoms with Crippen molar-refractivity contribution in [3.63, 3.8) is 0 Å². The molecule has 1 aliphatic heterocycles. The summed E-state index contributed by atoms with van der Waals surface area (Å²) in [4.78, 5) is 27.2. The molecule has 1 aliphatic carbocycles. The van der Waals surface area contributed by atoms with Gasteiger partial charge in [0.2, 0.25) is 0 Å². The van der Waals surface area contributed by atoms with Crippen LogP contribution in [0.15, 0.2) is 22.0 Å². The molecule has 0 radical (unpaired) electrons.